The van der Waals surface area contributed by atoms with Crippen LogP contribution in [0.2, 0.25) is 0 Å². The minimum atomic E-state index is -0.531. The van der Waals surface area contributed by atoms with Gasteiger partial charge in [-0.3, -0.25) is 19.3 Å². The first-order valence-electron chi connectivity index (χ1n) is 9.96. The molecule has 1 aliphatic rings. The van der Waals surface area contributed by atoms with Crippen LogP contribution in [0, 0.1) is 5.82 Å². The van der Waals surface area contributed by atoms with Crippen LogP contribution in [0.4, 0.5) is 15.2 Å². The lowest BCUT2D eigenvalue weighted by atomic mass is 10.1. The zero-order chi connectivity index (χ0) is 23.5. The number of thioether (sulfide) groups is 1. The number of nitrogens with zero attached hydrogens (tertiary/aromatic N) is 3. The fourth-order valence-electron chi connectivity index (χ4n) is 3.08. The summed E-state index contributed by atoms with van der Waals surface area (Å²) in [7, 11) is 0. The molecule has 170 valence electrons. The highest BCUT2D eigenvalue weighted by Crippen LogP contribution is 2.31. The number of amides is 3. The van der Waals surface area contributed by atoms with Crippen LogP contribution in [-0.2, 0) is 14.4 Å². The van der Waals surface area contributed by atoms with E-state index in [1.807, 2.05) is 20.8 Å². The van der Waals surface area contributed by atoms with Gasteiger partial charge in [0.05, 0.1) is 17.3 Å². The molecule has 0 bridgehead atoms. The normalized spacial score (nSPS) is 16.4. The van der Waals surface area contributed by atoms with Gasteiger partial charge in [0.2, 0.25) is 17.7 Å². The van der Waals surface area contributed by atoms with E-state index in [1.165, 1.54) is 64.1 Å². The lowest BCUT2D eigenvalue weighted by molar-refractivity contribution is -0.135. The molecule has 3 amide bonds. The molecule has 1 unspecified atom stereocenters. The van der Waals surface area contributed by atoms with Crippen molar-refractivity contribution in [3.63, 3.8) is 0 Å². The number of carbonyl (C=O) groups is 3. The Morgan fingerprint density at radius 1 is 1.28 bits per heavy atom. The van der Waals surface area contributed by atoms with Gasteiger partial charge in [0.1, 0.15) is 11.9 Å². The minimum absolute atomic E-state index is 0.114. The quantitative estimate of drug-likeness (QED) is 0.664. The molecule has 0 aliphatic carbocycles. The average Bonchev–Trinajstić information content (AvgIpc) is 3.36. The van der Waals surface area contributed by atoms with Crippen LogP contribution in [0.15, 0.2) is 35.7 Å². The zero-order valence-electron chi connectivity index (χ0n) is 18.3. The average molecular weight is 477 g/mol. The van der Waals surface area contributed by atoms with Gasteiger partial charge >= 0.3 is 0 Å². The van der Waals surface area contributed by atoms with Crippen molar-refractivity contribution in [1.82, 2.24) is 15.2 Å². The first kappa shape index (κ1) is 23.9. The van der Waals surface area contributed by atoms with E-state index in [0.29, 0.717) is 22.5 Å². The number of nitrogens with one attached hydrogen (secondary N) is 1. The summed E-state index contributed by atoms with van der Waals surface area (Å²) < 4.78 is 14.2. The van der Waals surface area contributed by atoms with Gasteiger partial charge in [-0.1, -0.05) is 12.1 Å². The fraction of sp³-hybridized carbons (Fsp3) is 0.364. The smallest absolute Gasteiger partial charge is 0.248 e. The highest BCUT2D eigenvalue weighted by molar-refractivity contribution is 7.99. The van der Waals surface area contributed by atoms with Crippen molar-refractivity contribution >= 4 is 57.7 Å². The maximum Gasteiger partial charge on any atom is 0.248 e. The molecule has 1 atom stereocenters. The Labute approximate surface area is 194 Å². The van der Waals surface area contributed by atoms with E-state index in [0.717, 1.165) is 0 Å². The minimum Gasteiger partial charge on any atom is -0.350 e. The second kappa shape index (κ2) is 9.83. The number of aromatic nitrogens is 1. The summed E-state index contributed by atoms with van der Waals surface area (Å²) in [5.41, 5.74) is 0.193. The Morgan fingerprint density at radius 3 is 2.66 bits per heavy atom. The van der Waals surface area contributed by atoms with E-state index >= 15 is 0 Å². The molecule has 0 saturated carbocycles. The number of para-hydroxylation sites is 1. The van der Waals surface area contributed by atoms with Crippen molar-refractivity contribution in [1.29, 1.82) is 0 Å². The number of benzene rings is 1. The monoisotopic (exact) mass is 476 g/mol. The summed E-state index contributed by atoms with van der Waals surface area (Å²) in [6, 6.07) is 5.44. The van der Waals surface area contributed by atoms with Gasteiger partial charge < -0.3 is 10.2 Å². The first-order valence-corrected chi connectivity index (χ1v) is 12.0. The van der Waals surface area contributed by atoms with Crippen molar-refractivity contribution in [2.24, 2.45) is 0 Å². The molecular weight excluding hydrogens is 451 g/mol. The van der Waals surface area contributed by atoms with Crippen LogP contribution in [-0.4, -0.2) is 50.8 Å². The van der Waals surface area contributed by atoms with E-state index in [2.05, 4.69) is 10.3 Å². The largest absolute Gasteiger partial charge is 0.350 e. The summed E-state index contributed by atoms with van der Waals surface area (Å²) in [5, 5.41) is 4.90. The molecule has 1 aliphatic heterocycles. The van der Waals surface area contributed by atoms with Gasteiger partial charge in [0.15, 0.2) is 5.13 Å². The second-order valence-corrected chi connectivity index (χ2v) is 10.1. The number of carbonyl (C=O) groups excluding carboxylic acids is 3. The Bertz CT molecular complexity index is 1050. The third kappa shape index (κ3) is 5.74. The number of thiazole rings is 1. The van der Waals surface area contributed by atoms with Gasteiger partial charge in [0.25, 0.3) is 0 Å². The van der Waals surface area contributed by atoms with E-state index < -0.39 is 11.9 Å². The Kier molecular flexibility index (Phi) is 7.35. The molecule has 2 aromatic rings. The molecular formula is C22H25FN4O3S2. The maximum atomic E-state index is 14.2. The SMILES string of the molecule is CC(=O)N(c1nc(/C=C/C(=O)N2CSCC2C(=O)NC(C)(C)C)cs1)c1ccccc1F. The molecule has 0 radical (unpaired) electrons. The molecule has 1 saturated heterocycles. The van der Waals surface area contributed by atoms with Crippen molar-refractivity contribution in [2.45, 2.75) is 39.3 Å². The first-order chi connectivity index (χ1) is 15.1. The van der Waals surface area contributed by atoms with Crippen molar-refractivity contribution in [2.75, 3.05) is 16.5 Å². The lowest BCUT2D eigenvalue weighted by Crippen LogP contribution is -2.52. The third-order valence-corrected chi connectivity index (χ3v) is 6.33. The molecule has 1 aromatic carbocycles. The highest BCUT2D eigenvalue weighted by Gasteiger charge is 2.35. The number of hydrogen-bond acceptors (Lipinski definition) is 6. The van der Waals surface area contributed by atoms with Crippen molar-refractivity contribution in [3.05, 3.63) is 47.2 Å². The summed E-state index contributed by atoms with van der Waals surface area (Å²) in [6.45, 7) is 7.01. The standard InChI is InChI=1S/C22H25FN4O3S2/c1-14(28)27(17-8-6-5-7-16(17)23)21-24-15(11-32-21)9-10-19(29)26-13-31-12-18(26)20(30)25-22(2,3)4/h5-11,18H,12-13H2,1-4H3,(H,25,30)/b10-9+. The molecule has 3 rings (SSSR count). The number of hydrogen-bond donors (Lipinski definition) is 1. The van der Waals surface area contributed by atoms with Crippen LogP contribution < -0.4 is 10.2 Å². The van der Waals surface area contributed by atoms with Gasteiger partial charge in [-0.2, -0.15) is 0 Å². The second-order valence-electron chi connectivity index (χ2n) is 8.26. The Morgan fingerprint density at radius 2 is 2.00 bits per heavy atom. The predicted octanol–water partition coefficient (Wildman–Crippen LogP) is 3.80. The molecule has 7 nitrogen and oxygen atoms in total. The summed E-state index contributed by atoms with van der Waals surface area (Å²) in [5.74, 6) is -0.412. The highest BCUT2D eigenvalue weighted by atomic mass is 32.2. The summed E-state index contributed by atoms with van der Waals surface area (Å²) in [6.07, 6.45) is 2.90. The maximum absolute atomic E-state index is 14.2. The predicted molar refractivity (Wildman–Crippen MR) is 126 cm³/mol. The molecule has 2 heterocycles. The molecule has 1 N–H and O–H groups in total. The number of halogens is 1. The van der Waals surface area contributed by atoms with Crippen LogP contribution in [0.5, 0.6) is 0 Å². The zero-order valence-corrected chi connectivity index (χ0v) is 19.9. The molecule has 1 fully saturated rings. The van der Waals surface area contributed by atoms with E-state index in [9.17, 15) is 18.8 Å². The molecule has 10 heteroatoms. The Hall–Kier alpha value is -2.72. The van der Waals surface area contributed by atoms with Gasteiger partial charge in [0, 0.05) is 29.7 Å². The summed E-state index contributed by atoms with van der Waals surface area (Å²) >= 11 is 2.69. The number of rotatable bonds is 5. The fourth-order valence-corrected chi connectivity index (χ4v) is 5.09. The van der Waals surface area contributed by atoms with Crippen molar-refractivity contribution < 1.29 is 18.8 Å². The summed E-state index contributed by atoms with van der Waals surface area (Å²) in [4.78, 5) is 44.5. The van der Waals surface area contributed by atoms with Crippen LogP contribution >= 0.6 is 23.1 Å². The van der Waals surface area contributed by atoms with Crippen LogP contribution in [0.1, 0.15) is 33.4 Å². The Balaban J connectivity index is 1.73. The van der Waals surface area contributed by atoms with Crippen molar-refractivity contribution in [3.8, 4) is 0 Å². The molecule has 0 spiro atoms. The van der Waals surface area contributed by atoms with Gasteiger partial charge in [-0.05, 0) is 39.0 Å². The van der Waals surface area contributed by atoms with E-state index in [-0.39, 0.29) is 28.9 Å². The van der Waals surface area contributed by atoms with Crippen LogP contribution in [0.3, 0.4) is 0 Å². The topological polar surface area (TPSA) is 82.6 Å². The molecule has 1 aromatic heterocycles. The van der Waals surface area contributed by atoms with Gasteiger partial charge in [-0.25, -0.2) is 9.37 Å². The van der Waals surface area contributed by atoms with Crippen LogP contribution in [0.25, 0.3) is 6.08 Å². The lowest BCUT2D eigenvalue weighted by Gasteiger charge is -2.27. The van der Waals surface area contributed by atoms with Gasteiger partial charge in [-0.15, -0.1) is 23.1 Å². The van der Waals surface area contributed by atoms with E-state index in [1.54, 1.807) is 17.5 Å². The van der Waals surface area contributed by atoms with E-state index in [4.69, 9.17) is 0 Å². The number of anilines is 2. The third-order valence-electron chi connectivity index (χ3n) is 4.47. The molecule has 32 heavy (non-hydrogen) atoms.